The quantitative estimate of drug-likeness (QED) is 0.731. The van der Waals surface area contributed by atoms with Crippen molar-refractivity contribution in [3.8, 4) is 0 Å². The van der Waals surface area contributed by atoms with E-state index in [1.165, 1.54) is 18.9 Å². The van der Waals surface area contributed by atoms with E-state index < -0.39 is 0 Å². The van der Waals surface area contributed by atoms with Gasteiger partial charge in [0.05, 0.1) is 16.4 Å². The van der Waals surface area contributed by atoms with Gasteiger partial charge in [0.15, 0.2) is 5.13 Å². The second-order valence-corrected chi connectivity index (χ2v) is 7.15. The van der Waals surface area contributed by atoms with Crippen molar-refractivity contribution in [3.05, 3.63) is 42.2 Å². The van der Waals surface area contributed by atoms with Crippen molar-refractivity contribution in [1.29, 1.82) is 0 Å². The molecule has 2 aromatic heterocycles. The number of thiazole rings is 1. The molecule has 4 rings (SSSR count). The molecule has 6 nitrogen and oxygen atoms in total. The molecule has 1 aliphatic heterocycles. The Kier molecular flexibility index (Phi) is 4.23. The van der Waals surface area contributed by atoms with Crippen LogP contribution in [0.2, 0.25) is 0 Å². The van der Waals surface area contributed by atoms with Crippen LogP contribution in [0.25, 0.3) is 16.3 Å². The number of hydrogen-bond acceptors (Lipinski definition) is 5. The van der Waals surface area contributed by atoms with Crippen LogP contribution in [0.1, 0.15) is 18.4 Å². The van der Waals surface area contributed by atoms with Crippen LogP contribution in [-0.2, 0) is 11.8 Å². The van der Waals surface area contributed by atoms with Gasteiger partial charge in [0.25, 0.3) is 0 Å². The first-order chi connectivity index (χ1) is 12.2. The van der Waals surface area contributed by atoms with Gasteiger partial charge in [-0.05, 0) is 37.1 Å². The van der Waals surface area contributed by atoms with Gasteiger partial charge in [0, 0.05) is 43.7 Å². The minimum Gasteiger partial charge on any atom is -0.348 e. The fraction of sp³-hybridized carbons (Fsp3) is 0.278. The van der Waals surface area contributed by atoms with E-state index in [1.807, 2.05) is 31.4 Å². The van der Waals surface area contributed by atoms with Crippen molar-refractivity contribution in [2.75, 3.05) is 23.3 Å². The van der Waals surface area contributed by atoms with E-state index in [1.54, 1.807) is 28.3 Å². The Labute approximate surface area is 149 Å². The highest BCUT2D eigenvalue weighted by Gasteiger charge is 2.16. The van der Waals surface area contributed by atoms with Crippen molar-refractivity contribution in [2.45, 2.75) is 12.8 Å². The molecule has 7 heteroatoms. The van der Waals surface area contributed by atoms with Gasteiger partial charge in [0.1, 0.15) is 0 Å². The van der Waals surface area contributed by atoms with E-state index in [9.17, 15) is 4.79 Å². The molecule has 3 heterocycles. The Bertz CT molecular complexity index is 936. The summed E-state index contributed by atoms with van der Waals surface area (Å²) in [4.78, 5) is 19.1. The summed E-state index contributed by atoms with van der Waals surface area (Å²) >= 11 is 1.68. The summed E-state index contributed by atoms with van der Waals surface area (Å²) < 4.78 is 2.80. The highest BCUT2D eigenvalue weighted by Crippen LogP contribution is 2.32. The Morgan fingerprint density at radius 1 is 1.32 bits per heavy atom. The summed E-state index contributed by atoms with van der Waals surface area (Å²) in [5.74, 6) is -0.160. The zero-order valence-corrected chi connectivity index (χ0v) is 14.8. The van der Waals surface area contributed by atoms with E-state index in [-0.39, 0.29) is 5.91 Å². The number of nitrogens with one attached hydrogen (secondary N) is 1. The summed E-state index contributed by atoms with van der Waals surface area (Å²) in [5, 5.41) is 8.05. The van der Waals surface area contributed by atoms with Crippen LogP contribution < -0.4 is 10.2 Å². The minimum atomic E-state index is -0.160. The second kappa shape index (κ2) is 6.68. The second-order valence-electron chi connectivity index (χ2n) is 6.14. The summed E-state index contributed by atoms with van der Waals surface area (Å²) in [5.41, 5.74) is 2.66. The molecule has 128 valence electrons. The zero-order chi connectivity index (χ0) is 17.2. The maximum absolute atomic E-state index is 12.1. The van der Waals surface area contributed by atoms with Crippen LogP contribution >= 0.6 is 11.3 Å². The number of hydrogen-bond donors (Lipinski definition) is 1. The predicted molar refractivity (Wildman–Crippen MR) is 102 cm³/mol. The van der Waals surface area contributed by atoms with Crippen molar-refractivity contribution in [2.24, 2.45) is 7.05 Å². The van der Waals surface area contributed by atoms with E-state index in [2.05, 4.69) is 15.3 Å². The summed E-state index contributed by atoms with van der Waals surface area (Å²) in [7, 11) is 1.85. The average molecular weight is 353 g/mol. The number of fused-ring (bicyclic) bond motifs is 1. The molecular formula is C18H19N5OS. The molecule has 0 radical (unpaired) electrons. The summed E-state index contributed by atoms with van der Waals surface area (Å²) in [6.45, 7) is 2.17. The maximum atomic E-state index is 12.1. The average Bonchev–Trinajstić information content (AvgIpc) is 3.32. The summed E-state index contributed by atoms with van der Waals surface area (Å²) in [6.07, 6.45) is 9.31. The van der Waals surface area contributed by atoms with Crippen molar-refractivity contribution >= 4 is 44.4 Å². The Morgan fingerprint density at radius 2 is 2.16 bits per heavy atom. The normalized spacial score (nSPS) is 14.7. The molecule has 0 bridgehead atoms. The third-order valence-corrected chi connectivity index (χ3v) is 5.25. The van der Waals surface area contributed by atoms with Gasteiger partial charge in [-0.1, -0.05) is 11.3 Å². The van der Waals surface area contributed by atoms with E-state index in [0.29, 0.717) is 0 Å². The molecule has 1 aromatic carbocycles. The zero-order valence-electron chi connectivity index (χ0n) is 14.0. The van der Waals surface area contributed by atoms with Crippen LogP contribution in [-0.4, -0.2) is 33.8 Å². The molecule has 0 spiro atoms. The third kappa shape index (κ3) is 3.56. The maximum Gasteiger partial charge on any atom is 0.248 e. The van der Waals surface area contributed by atoms with Crippen molar-refractivity contribution in [1.82, 2.24) is 14.8 Å². The molecule has 0 saturated carbocycles. The summed E-state index contributed by atoms with van der Waals surface area (Å²) in [6, 6.07) is 5.85. The largest absolute Gasteiger partial charge is 0.348 e. The third-order valence-electron chi connectivity index (χ3n) is 4.17. The molecule has 1 N–H and O–H groups in total. The number of aromatic nitrogens is 3. The predicted octanol–water partition coefficient (Wildman–Crippen LogP) is 3.28. The van der Waals surface area contributed by atoms with E-state index >= 15 is 0 Å². The number of rotatable bonds is 4. The van der Waals surface area contributed by atoms with Crippen molar-refractivity contribution < 1.29 is 4.79 Å². The first-order valence-corrected chi connectivity index (χ1v) is 9.12. The Balaban J connectivity index is 1.47. The van der Waals surface area contributed by atoms with E-state index in [0.717, 1.165) is 39.7 Å². The fourth-order valence-corrected chi connectivity index (χ4v) is 3.97. The van der Waals surface area contributed by atoms with Crippen molar-refractivity contribution in [3.63, 3.8) is 0 Å². The molecule has 1 fully saturated rings. The number of carbonyl (C=O) groups excluding carboxylic acids is 1. The minimum absolute atomic E-state index is 0.160. The lowest BCUT2D eigenvalue weighted by atomic mass is 10.3. The molecule has 0 aliphatic carbocycles. The van der Waals surface area contributed by atoms with Crippen LogP contribution in [0.3, 0.4) is 0 Å². The van der Waals surface area contributed by atoms with E-state index in [4.69, 9.17) is 4.98 Å². The van der Waals surface area contributed by atoms with Gasteiger partial charge in [-0.15, -0.1) is 0 Å². The molecule has 1 amide bonds. The fourth-order valence-electron chi connectivity index (χ4n) is 2.92. The monoisotopic (exact) mass is 353 g/mol. The molecule has 1 saturated heterocycles. The van der Waals surface area contributed by atoms with Crippen LogP contribution in [0.5, 0.6) is 0 Å². The Hall–Kier alpha value is -2.67. The van der Waals surface area contributed by atoms with Crippen LogP contribution in [0.4, 0.5) is 10.8 Å². The topological polar surface area (TPSA) is 63.1 Å². The highest BCUT2D eigenvalue weighted by atomic mass is 32.1. The van der Waals surface area contributed by atoms with Gasteiger partial charge < -0.3 is 10.2 Å². The number of amides is 1. The molecule has 3 aromatic rings. The van der Waals surface area contributed by atoms with Crippen LogP contribution in [0.15, 0.2) is 36.7 Å². The van der Waals surface area contributed by atoms with Gasteiger partial charge in [0.2, 0.25) is 5.91 Å². The molecule has 0 unspecified atom stereocenters. The number of benzene rings is 1. The number of nitrogens with zero attached hydrogens (tertiary/aromatic N) is 4. The first kappa shape index (κ1) is 15.8. The standard InChI is InChI=1S/C18H19N5OS/c1-22-12-13(11-19-22)4-7-17(24)20-14-5-6-15-16(10-14)25-18(21-15)23-8-2-3-9-23/h4-7,10-12H,2-3,8-9H2,1H3,(H,20,24)/b7-4+. The van der Waals surface area contributed by atoms with Gasteiger partial charge in [-0.25, -0.2) is 4.98 Å². The lowest BCUT2D eigenvalue weighted by Gasteiger charge is -2.11. The highest BCUT2D eigenvalue weighted by molar-refractivity contribution is 7.22. The lowest BCUT2D eigenvalue weighted by molar-refractivity contribution is -0.111. The first-order valence-electron chi connectivity index (χ1n) is 8.31. The number of anilines is 2. The SMILES string of the molecule is Cn1cc(/C=C/C(=O)Nc2ccc3nc(N4CCCC4)sc3c2)cn1. The van der Waals surface area contributed by atoms with Gasteiger partial charge in [-0.3, -0.25) is 9.48 Å². The van der Waals surface area contributed by atoms with Gasteiger partial charge in [-0.2, -0.15) is 5.10 Å². The number of aryl methyl sites for hydroxylation is 1. The lowest BCUT2D eigenvalue weighted by Crippen LogP contribution is -2.16. The number of carbonyl (C=O) groups is 1. The Morgan fingerprint density at radius 3 is 2.92 bits per heavy atom. The van der Waals surface area contributed by atoms with Gasteiger partial charge >= 0.3 is 0 Å². The van der Waals surface area contributed by atoms with Crippen LogP contribution in [0, 0.1) is 0 Å². The molecule has 25 heavy (non-hydrogen) atoms. The smallest absolute Gasteiger partial charge is 0.248 e. The molecular weight excluding hydrogens is 334 g/mol. The molecule has 1 aliphatic rings. The molecule has 0 atom stereocenters.